The molecule has 0 amide bonds. The lowest BCUT2D eigenvalue weighted by Gasteiger charge is -2.18. The lowest BCUT2D eigenvalue weighted by molar-refractivity contribution is 0.269. The van der Waals surface area contributed by atoms with E-state index in [0.717, 1.165) is 55.8 Å². The highest BCUT2D eigenvalue weighted by Gasteiger charge is 2.19. The highest BCUT2D eigenvalue weighted by molar-refractivity contribution is 5.48. The number of hydrogen-bond acceptors (Lipinski definition) is 5. The average molecular weight is 316 g/mol. The van der Waals surface area contributed by atoms with Gasteiger partial charge >= 0.3 is 0 Å². The molecule has 0 unspecified atom stereocenters. The summed E-state index contributed by atoms with van der Waals surface area (Å²) in [6.45, 7) is 11.6. The molecule has 2 aromatic heterocycles. The second kappa shape index (κ2) is 7.25. The molecule has 2 aromatic rings. The molecule has 0 aliphatic carbocycles. The molecule has 126 valence electrons. The summed E-state index contributed by atoms with van der Waals surface area (Å²) < 4.78 is 1.93. The predicted molar refractivity (Wildman–Crippen MR) is 92.8 cm³/mol. The van der Waals surface area contributed by atoms with Crippen molar-refractivity contribution < 1.29 is 0 Å². The topological polar surface area (TPSA) is 49.6 Å². The van der Waals surface area contributed by atoms with Gasteiger partial charge in [-0.2, -0.15) is 9.50 Å². The van der Waals surface area contributed by atoms with Crippen molar-refractivity contribution in [3.8, 4) is 0 Å². The molecule has 1 fully saturated rings. The van der Waals surface area contributed by atoms with Crippen molar-refractivity contribution in [3.05, 3.63) is 17.6 Å². The molecule has 1 aliphatic heterocycles. The minimum absolute atomic E-state index is 0.730. The van der Waals surface area contributed by atoms with Crippen LogP contribution in [-0.2, 0) is 6.54 Å². The van der Waals surface area contributed by atoms with Gasteiger partial charge in [0.1, 0.15) is 5.82 Å². The van der Waals surface area contributed by atoms with Crippen LogP contribution in [0.1, 0.15) is 51.0 Å². The molecule has 0 saturated carbocycles. The minimum Gasteiger partial charge on any atom is -0.356 e. The maximum absolute atomic E-state index is 4.75. The molecule has 0 aromatic carbocycles. The zero-order valence-electron chi connectivity index (χ0n) is 14.6. The third kappa shape index (κ3) is 3.63. The number of fused-ring (bicyclic) bond motifs is 1. The van der Waals surface area contributed by atoms with E-state index in [4.69, 9.17) is 5.10 Å². The number of nitrogens with zero attached hydrogens (tertiary/aromatic N) is 6. The van der Waals surface area contributed by atoms with Crippen LogP contribution in [0.15, 0.2) is 6.07 Å². The molecular formula is C17H28N6. The Morgan fingerprint density at radius 2 is 1.96 bits per heavy atom. The maximum Gasteiger partial charge on any atom is 0.254 e. The van der Waals surface area contributed by atoms with Crippen molar-refractivity contribution in [3.63, 3.8) is 0 Å². The van der Waals surface area contributed by atoms with Crippen LogP contribution >= 0.6 is 0 Å². The summed E-state index contributed by atoms with van der Waals surface area (Å²) in [5.74, 6) is 2.75. The van der Waals surface area contributed by atoms with E-state index in [1.807, 2.05) is 11.4 Å². The highest BCUT2D eigenvalue weighted by atomic mass is 15.4. The van der Waals surface area contributed by atoms with Crippen molar-refractivity contribution >= 4 is 11.6 Å². The Labute approximate surface area is 138 Å². The maximum atomic E-state index is 4.75. The number of unbranched alkanes of at least 4 members (excludes halogenated alkanes) is 1. The van der Waals surface area contributed by atoms with E-state index >= 15 is 0 Å². The Hall–Kier alpha value is -1.69. The number of rotatable bonds is 7. The highest BCUT2D eigenvalue weighted by Crippen LogP contribution is 2.21. The van der Waals surface area contributed by atoms with Gasteiger partial charge in [-0.05, 0) is 39.3 Å². The summed E-state index contributed by atoms with van der Waals surface area (Å²) >= 11 is 0. The Morgan fingerprint density at radius 1 is 1.17 bits per heavy atom. The van der Waals surface area contributed by atoms with E-state index in [9.17, 15) is 0 Å². The van der Waals surface area contributed by atoms with E-state index in [1.165, 1.54) is 25.7 Å². The Morgan fingerprint density at radius 3 is 2.65 bits per heavy atom. The van der Waals surface area contributed by atoms with Crippen LogP contribution in [0, 0.1) is 6.92 Å². The van der Waals surface area contributed by atoms with Crippen molar-refractivity contribution in [2.75, 3.05) is 31.1 Å². The van der Waals surface area contributed by atoms with Gasteiger partial charge in [-0.15, -0.1) is 5.10 Å². The monoisotopic (exact) mass is 316 g/mol. The lowest BCUT2D eigenvalue weighted by Crippen LogP contribution is -2.24. The Balaban J connectivity index is 1.87. The van der Waals surface area contributed by atoms with Gasteiger partial charge in [-0.25, -0.2) is 4.98 Å². The van der Waals surface area contributed by atoms with Gasteiger partial charge in [0, 0.05) is 24.8 Å². The zero-order valence-corrected chi connectivity index (χ0v) is 14.6. The van der Waals surface area contributed by atoms with Gasteiger partial charge in [0.25, 0.3) is 5.78 Å². The Kier molecular flexibility index (Phi) is 5.10. The van der Waals surface area contributed by atoms with Crippen LogP contribution in [-0.4, -0.2) is 50.7 Å². The van der Waals surface area contributed by atoms with Crippen molar-refractivity contribution in [2.24, 2.45) is 0 Å². The second-order valence-corrected chi connectivity index (χ2v) is 6.41. The standard InChI is InChI=1S/C17H28N6/c1-4-6-9-21(5-2)13-15-19-17-18-14(3)12-16(23(17)20-15)22-10-7-8-11-22/h12H,4-11,13H2,1-3H3. The van der Waals surface area contributed by atoms with Crippen LogP contribution in [0.3, 0.4) is 0 Å². The molecule has 3 heterocycles. The number of anilines is 1. The van der Waals surface area contributed by atoms with Crippen molar-refractivity contribution in [1.82, 2.24) is 24.5 Å². The van der Waals surface area contributed by atoms with E-state index in [0.29, 0.717) is 0 Å². The van der Waals surface area contributed by atoms with E-state index in [-0.39, 0.29) is 0 Å². The fraction of sp³-hybridized carbons (Fsp3) is 0.706. The predicted octanol–water partition coefficient (Wildman–Crippen LogP) is 2.65. The summed E-state index contributed by atoms with van der Waals surface area (Å²) in [6, 6.07) is 2.13. The normalized spacial score (nSPS) is 15.2. The number of aromatic nitrogens is 4. The van der Waals surface area contributed by atoms with Gasteiger partial charge in [-0.1, -0.05) is 20.3 Å². The van der Waals surface area contributed by atoms with Crippen LogP contribution in [0.4, 0.5) is 5.82 Å². The first-order valence-electron chi connectivity index (χ1n) is 8.92. The zero-order chi connectivity index (χ0) is 16.2. The van der Waals surface area contributed by atoms with Crippen LogP contribution < -0.4 is 4.90 Å². The smallest absolute Gasteiger partial charge is 0.254 e. The molecule has 6 heteroatoms. The summed E-state index contributed by atoms with van der Waals surface area (Å²) in [5, 5.41) is 4.75. The molecule has 1 aliphatic rings. The SMILES string of the molecule is CCCCN(CC)Cc1nc2nc(C)cc(N3CCCC3)n2n1. The van der Waals surface area contributed by atoms with Gasteiger partial charge in [-0.3, -0.25) is 4.90 Å². The molecule has 1 saturated heterocycles. The summed E-state index contributed by atoms with van der Waals surface area (Å²) in [7, 11) is 0. The van der Waals surface area contributed by atoms with Gasteiger partial charge in [0.05, 0.1) is 6.54 Å². The minimum atomic E-state index is 0.730. The lowest BCUT2D eigenvalue weighted by atomic mass is 10.3. The summed E-state index contributed by atoms with van der Waals surface area (Å²) in [4.78, 5) is 14.0. The van der Waals surface area contributed by atoms with Crippen LogP contribution in [0.5, 0.6) is 0 Å². The largest absolute Gasteiger partial charge is 0.356 e. The summed E-state index contributed by atoms with van der Waals surface area (Å²) in [5.41, 5.74) is 1.01. The van der Waals surface area contributed by atoms with Crippen LogP contribution in [0.25, 0.3) is 5.78 Å². The van der Waals surface area contributed by atoms with E-state index in [1.54, 1.807) is 0 Å². The first-order chi connectivity index (χ1) is 11.2. The third-order valence-corrected chi connectivity index (χ3v) is 4.54. The van der Waals surface area contributed by atoms with E-state index in [2.05, 4.69) is 39.7 Å². The fourth-order valence-electron chi connectivity index (χ4n) is 3.18. The van der Waals surface area contributed by atoms with Gasteiger partial charge in [0.15, 0.2) is 5.82 Å². The molecular weight excluding hydrogens is 288 g/mol. The molecule has 6 nitrogen and oxygen atoms in total. The molecule has 3 rings (SSSR count). The van der Waals surface area contributed by atoms with Crippen molar-refractivity contribution in [2.45, 2.75) is 53.0 Å². The third-order valence-electron chi connectivity index (χ3n) is 4.54. The van der Waals surface area contributed by atoms with Crippen LogP contribution in [0.2, 0.25) is 0 Å². The molecule has 0 atom stereocenters. The van der Waals surface area contributed by atoms with Gasteiger partial charge < -0.3 is 4.90 Å². The first kappa shape index (κ1) is 16.2. The molecule has 0 radical (unpaired) electrons. The van der Waals surface area contributed by atoms with E-state index < -0.39 is 0 Å². The second-order valence-electron chi connectivity index (χ2n) is 6.41. The molecule has 0 N–H and O–H groups in total. The molecule has 23 heavy (non-hydrogen) atoms. The first-order valence-corrected chi connectivity index (χ1v) is 8.92. The quantitative estimate of drug-likeness (QED) is 0.786. The molecule has 0 bridgehead atoms. The van der Waals surface area contributed by atoms with Gasteiger partial charge in [0.2, 0.25) is 0 Å². The molecule has 0 spiro atoms. The average Bonchev–Trinajstić information content (AvgIpc) is 3.19. The Bertz CT molecular complexity index is 644. The number of hydrogen-bond donors (Lipinski definition) is 0. The number of aryl methyl sites for hydroxylation is 1. The summed E-state index contributed by atoms with van der Waals surface area (Å²) in [6.07, 6.45) is 4.95. The van der Waals surface area contributed by atoms with Crippen molar-refractivity contribution in [1.29, 1.82) is 0 Å². The fourth-order valence-corrected chi connectivity index (χ4v) is 3.18.